The van der Waals surface area contributed by atoms with E-state index in [0.29, 0.717) is 23.0 Å². The van der Waals surface area contributed by atoms with Crippen LogP contribution in [-0.2, 0) is 9.59 Å². The van der Waals surface area contributed by atoms with Gasteiger partial charge in [0.2, 0.25) is 17.5 Å². The standard InChI is InChI=1S/C23H25N5O3/c1-14-5-7-28(8-6-14)20-9-15(16-10-21(29)27-22(30)11-16)3-4-18(20)26-23(31)19-12-17(24-2)13-25-19/h3-4,9,12-14,16,25H,5-8,10-11H2,1H3,(H,26,31)(H,27,29,30). The summed E-state index contributed by atoms with van der Waals surface area (Å²) in [6, 6.07) is 7.24. The summed E-state index contributed by atoms with van der Waals surface area (Å²) in [5, 5.41) is 5.31. The van der Waals surface area contributed by atoms with Crippen LogP contribution in [0.25, 0.3) is 4.85 Å². The summed E-state index contributed by atoms with van der Waals surface area (Å²) in [5.74, 6) is -0.341. The highest BCUT2D eigenvalue weighted by Crippen LogP contribution is 2.36. The fraction of sp³-hybridized carbons (Fsp3) is 0.391. The molecule has 0 bridgehead atoms. The molecule has 31 heavy (non-hydrogen) atoms. The molecule has 2 aromatic rings. The minimum atomic E-state index is -0.318. The third-order valence-corrected chi connectivity index (χ3v) is 6.05. The quantitative estimate of drug-likeness (QED) is 0.521. The molecule has 0 unspecified atom stereocenters. The second-order valence-corrected chi connectivity index (χ2v) is 8.36. The number of rotatable bonds is 4. The van der Waals surface area contributed by atoms with Gasteiger partial charge in [0.15, 0.2) is 0 Å². The lowest BCUT2D eigenvalue weighted by Gasteiger charge is -2.34. The number of carbonyl (C=O) groups is 3. The van der Waals surface area contributed by atoms with Gasteiger partial charge in [-0.05, 0) is 42.5 Å². The van der Waals surface area contributed by atoms with Crippen LogP contribution in [0, 0.1) is 12.5 Å². The molecule has 3 N–H and O–H groups in total. The molecule has 2 aliphatic rings. The maximum atomic E-state index is 12.7. The molecular formula is C23H25N5O3. The van der Waals surface area contributed by atoms with Gasteiger partial charge in [0, 0.05) is 38.0 Å². The van der Waals surface area contributed by atoms with Gasteiger partial charge in [0.05, 0.1) is 23.6 Å². The Morgan fingerprint density at radius 1 is 1.16 bits per heavy atom. The zero-order valence-electron chi connectivity index (χ0n) is 17.4. The summed E-state index contributed by atoms with van der Waals surface area (Å²) in [6.07, 6.45) is 4.18. The number of imide groups is 1. The van der Waals surface area contributed by atoms with Crippen molar-refractivity contribution in [2.75, 3.05) is 23.3 Å². The van der Waals surface area contributed by atoms with Crippen molar-refractivity contribution >= 4 is 34.8 Å². The summed E-state index contributed by atoms with van der Waals surface area (Å²) in [4.78, 5) is 44.9. The number of benzene rings is 1. The van der Waals surface area contributed by atoms with Crippen LogP contribution in [0.5, 0.6) is 0 Å². The van der Waals surface area contributed by atoms with Crippen molar-refractivity contribution in [1.29, 1.82) is 0 Å². The van der Waals surface area contributed by atoms with Crippen LogP contribution in [0.3, 0.4) is 0 Å². The van der Waals surface area contributed by atoms with E-state index in [9.17, 15) is 14.4 Å². The monoisotopic (exact) mass is 419 g/mol. The fourth-order valence-corrected chi connectivity index (χ4v) is 4.20. The van der Waals surface area contributed by atoms with Crippen LogP contribution >= 0.6 is 0 Å². The first-order valence-electron chi connectivity index (χ1n) is 10.5. The molecule has 1 aromatic carbocycles. The molecule has 8 nitrogen and oxygen atoms in total. The molecule has 3 heterocycles. The summed E-state index contributed by atoms with van der Waals surface area (Å²) in [6.45, 7) is 11.1. The van der Waals surface area contributed by atoms with E-state index in [4.69, 9.17) is 6.57 Å². The second-order valence-electron chi connectivity index (χ2n) is 8.36. The van der Waals surface area contributed by atoms with Crippen LogP contribution < -0.4 is 15.5 Å². The third kappa shape index (κ3) is 4.61. The smallest absolute Gasteiger partial charge is 0.270 e. The van der Waals surface area contributed by atoms with E-state index in [-0.39, 0.29) is 36.5 Å². The Hall–Kier alpha value is -3.60. The van der Waals surface area contributed by atoms with Crippen molar-refractivity contribution in [3.8, 4) is 0 Å². The Kier molecular flexibility index (Phi) is 5.76. The number of hydrogen-bond donors (Lipinski definition) is 3. The molecule has 4 rings (SSSR count). The molecule has 160 valence electrons. The minimum Gasteiger partial charge on any atom is -0.370 e. The van der Waals surface area contributed by atoms with E-state index >= 15 is 0 Å². The zero-order chi connectivity index (χ0) is 22.0. The molecule has 0 aliphatic carbocycles. The molecule has 0 spiro atoms. The number of nitrogens with zero attached hydrogens (tertiary/aromatic N) is 2. The number of hydrogen-bond acceptors (Lipinski definition) is 4. The molecule has 1 aromatic heterocycles. The summed E-state index contributed by atoms with van der Waals surface area (Å²) >= 11 is 0. The minimum absolute atomic E-state index is 0.168. The van der Waals surface area contributed by atoms with Crippen LogP contribution in [0.2, 0.25) is 0 Å². The SMILES string of the molecule is [C-]#[N+]c1c[nH]c(C(=O)Nc2ccc(C3CC(=O)NC(=O)C3)cc2N2CCC(C)CC2)c1. The molecular weight excluding hydrogens is 394 g/mol. The average molecular weight is 419 g/mol. The first-order valence-corrected chi connectivity index (χ1v) is 10.5. The molecule has 2 aliphatic heterocycles. The molecule has 2 fully saturated rings. The summed E-state index contributed by atoms with van der Waals surface area (Å²) in [7, 11) is 0. The van der Waals surface area contributed by atoms with Gasteiger partial charge in [-0.15, -0.1) is 0 Å². The van der Waals surface area contributed by atoms with Gasteiger partial charge in [-0.2, -0.15) is 0 Å². The van der Waals surface area contributed by atoms with E-state index in [1.165, 1.54) is 12.3 Å². The van der Waals surface area contributed by atoms with Crippen molar-refractivity contribution in [2.24, 2.45) is 5.92 Å². The van der Waals surface area contributed by atoms with Gasteiger partial charge >= 0.3 is 0 Å². The number of anilines is 2. The highest BCUT2D eigenvalue weighted by molar-refractivity contribution is 6.05. The fourth-order valence-electron chi connectivity index (χ4n) is 4.20. The van der Waals surface area contributed by atoms with Crippen molar-refractivity contribution in [3.63, 3.8) is 0 Å². The third-order valence-electron chi connectivity index (χ3n) is 6.05. The van der Waals surface area contributed by atoms with Crippen molar-refractivity contribution in [1.82, 2.24) is 10.3 Å². The van der Waals surface area contributed by atoms with E-state index in [1.54, 1.807) is 0 Å². The van der Waals surface area contributed by atoms with E-state index in [0.717, 1.165) is 37.2 Å². The topological polar surface area (TPSA) is 98.7 Å². The van der Waals surface area contributed by atoms with Gasteiger partial charge in [0.1, 0.15) is 0 Å². The highest BCUT2D eigenvalue weighted by Gasteiger charge is 2.28. The van der Waals surface area contributed by atoms with Crippen molar-refractivity contribution in [2.45, 2.75) is 38.5 Å². The Labute approximate surface area is 180 Å². The number of aromatic nitrogens is 1. The number of amides is 3. The maximum Gasteiger partial charge on any atom is 0.270 e. The second kappa shape index (κ2) is 8.64. The van der Waals surface area contributed by atoms with Gasteiger partial charge in [0.25, 0.3) is 5.91 Å². The first kappa shape index (κ1) is 20.7. The lowest BCUT2D eigenvalue weighted by molar-refractivity contribution is -0.133. The largest absolute Gasteiger partial charge is 0.370 e. The number of aromatic amines is 1. The van der Waals surface area contributed by atoms with E-state index in [2.05, 4.69) is 32.3 Å². The number of carbonyl (C=O) groups excluding carboxylic acids is 3. The molecule has 0 radical (unpaired) electrons. The van der Waals surface area contributed by atoms with E-state index < -0.39 is 0 Å². The zero-order valence-corrected chi connectivity index (χ0v) is 17.4. The molecule has 2 saturated heterocycles. The maximum absolute atomic E-state index is 12.7. The highest BCUT2D eigenvalue weighted by atomic mass is 16.2. The van der Waals surface area contributed by atoms with Crippen LogP contribution in [0.4, 0.5) is 17.1 Å². The predicted molar refractivity (Wildman–Crippen MR) is 117 cm³/mol. The van der Waals surface area contributed by atoms with Crippen LogP contribution in [0.15, 0.2) is 30.5 Å². The van der Waals surface area contributed by atoms with Crippen molar-refractivity contribution in [3.05, 3.63) is 53.1 Å². The average Bonchev–Trinajstić information content (AvgIpc) is 3.23. The first-order chi connectivity index (χ1) is 14.9. The predicted octanol–water partition coefficient (Wildman–Crippen LogP) is 3.57. The summed E-state index contributed by atoms with van der Waals surface area (Å²) in [5.41, 5.74) is 3.20. The normalized spacial score (nSPS) is 17.9. The number of H-pyrrole nitrogens is 1. The molecule has 0 saturated carbocycles. The Balaban J connectivity index is 1.63. The van der Waals surface area contributed by atoms with Crippen LogP contribution in [-0.4, -0.2) is 35.8 Å². The molecule has 0 atom stereocenters. The van der Waals surface area contributed by atoms with Gasteiger partial charge in [-0.3, -0.25) is 19.7 Å². The van der Waals surface area contributed by atoms with Crippen LogP contribution in [0.1, 0.15) is 54.6 Å². The van der Waals surface area contributed by atoms with Gasteiger partial charge in [-0.1, -0.05) is 13.0 Å². The molecule has 3 amide bonds. The Morgan fingerprint density at radius 2 is 1.87 bits per heavy atom. The number of piperidine rings is 2. The lowest BCUT2D eigenvalue weighted by Crippen LogP contribution is -2.38. The van der Waals surface area contributed by atoms with Gasteiger partial charge in [-0.25, -0.2) is 4.85 Å². The van der Waals surface area contributed by atoms with E-state index in [1.807, 2.05) is 18.2 Å². The Bertz CT molecular complexity index is 1040. The Morgan fingerprint density at radius 3 is 2.52 bits per heavy atom. The summed E-state index contributed by atoms with van der Waals surface area (Å²) < 4.78 is 0. The lowest BCUT2D eigenvalue weighted by atomic mass is 9.88. The molecule has 8 heteroatoms. The van der Waals surface area contributed by atoms with Crippen molar-refractivity contribution < 1.29 is 14.4 Å². The van der Waals surface area contributed by atoms with Gasteiger partial charge < -0.3 is 15.2 Å². The number of nitrogens with one attached hydrogen (secondary N) is 3.